The second kappa shape index (κ2) is 14.8. The van der Waals surface area contributed by atoms with Crippen molar-refractivity contribution in [2.45, 2.75) is 87.1 Å². The van der Waals surface area contributed by atoms with Crippen molar-refractivity contribution in [1.82, 2.24) is 24.8 Å². The maximum absolute atomic E-state index is 17.2. The number of terminal acetylenes is 1. The van der Waals surface area contributed by atoms with Crippen molar-refractivity contribution in [2.24, 2.45) is 0 Å². The summed E-state index contributed by atoms with van der Waals surface area (Å²) < 4.78 is 83.9. The first-order valence-electron chi connectivity index (χ1n) is 20.0. The number of aromatic nitrogens is 3. The van der Waals surface area contributed by atoms with Crippen LogP contribution < -0.4 is 14.4 Å². The highest BCUT2D eigenvalue weighted by atomic mass is 32.2. The summed E-state index contributed by atoms with van der Waals surface area (Å²) in [5, 5.41) is 1.33. The molecule has 2 bridgehead atoms. The first-order chi connectivity index (χ1) is 28.6. The number of anilines is 1. The molecule has 1 amide bonds. The molecule has 6 heterocycles. The fraction of sp³-hybridized carbons (Fsp3) is 0.409. The maximum Gasteiger partial charge on any atom is 0.410 e. The second-order valence-corrected chi connectivity index (χ2v) is 18.5. The molecule has 60 heavy (non-hydrogen) atoms. The Morgan fingerprint density at radius 1 is 1.05 bits per heavy atom. The van der Waals surface area contributed by atoms with E-state index in [9.17, 15) is 17.8 Å². The molecule has 2 aromatic heterocycles. The van der Waals surface area contributed by atoms with Gasteiger partial charge in [0.2, 0.25) is 0 Å². The number of fused-ring (bicyclic) bond motifs is 5. The molecule has 13 nitrogen and oxygen atoms in total. The zero-order valence-electron chi connectivity index (χ0n) is 33.4. The highest BCUT2D eigenvalue weighted by Crippen LogP contribution is 2.43. The monoisotopic (exact) mass is 838 g/mol. The van der Waals surface area contributed by atoms with Crippen molar-refractivity contribution in [1.29, 1.82) is 0 Å². The van der Waals surface area contributed by atoms with Gasteiger partial charge in [0.1, 0.15) is 46.9 Å². The van der Waals surface area contributed by atoms with Crippen molar-refractivity contribution in [2.75, 3.05) is 37.7 Å². The van der Waals surface area contributed by atoms with Gasteiger partial charge in [-0.1, -0.05) is 36.3 Å². The molecule has 0 spiro atoms. The molecule has 4 fully saturated rings. The lowest BCUT2D eigenvalue weighted by molar-refractivity contribution is 0.0122. The van der Waals surface area contributed by atoms with Gasteiger partial charge < -0.3 is 19.1 Å². The molecule has 16 heteroatoms. The lowest BCUT2D eigenvalue weighted by atomic mass is 9.94. The number of amides is 1. The molecule has 4 aliphatic heterocycles. The molecular weight excluding hydrogens is 795 g/mol. The Morgan fingerprint density at radius 3 is 2.55 bits per heavy atom. The zero-order chi connectivity index (χ0) is 42.1. The number of halogens is 2. The lowest BCUT2D eigenvalue weighted by Gasteiger charge is -2.42. The molecule has 4 atom stereocenters. The third-order valence-electron chi connectivity index (χ3n) is 12.1. The molecule has 5 aromatic rings. The van der Waals surface area contributed by atoms with Crippen LogP contribution in [0.3, 0.4) is 0 Å². The second-order valence-electron chi connectivity index (χ2n) is 17.1. The molecule has 4 aliphatic rings. The number of benzene rings is 3. The van der Waals surface area contributed by atoms with E-state index < -0.39 is 32.9 Å². The molecule has 4 saturated heterocycles. The smallest absolute Gasteiger partial charge is 0.410 e. The van der Waals surface area contributed by atoms with Gasteiger partial charge in [0.15, 0.2) is 5.82 Å². The average Bonchev–Trinajstić information content (AvgIpc) is 3.83. The Balaban J connectivity index is 1.07. The molecule has 1 N–H and O–H groups in total. The van der Waals surface area contributed by atoms with E-state index in [-0.39, 0.29) is 58.6 Å². The Kier molecular flexibility index (Phi) is 9.84. The number of hydrogen-bond donors (Lipinski definition) is 1. The van der Waals surface area contributed by atoms with E-state index >= 15 is 8.78 Å². The molecule has 2 unspecified atom stereocenters. The van der Waals surface area contributed by atoms with Gasteiger partial charge in [-0.05, 0) is 76.6 Å². The van der Waals surface area contributed by atoms with Crippen molar-refractivity contribution in [3.63, 3.8) is 0 Å². The highest BCUT2D eigenvalue weighted by Gasteiger charge is 2.50. The number of nitrogens with zero attached hydrogens (tertiary/aromatic N) is 6. The van der Waals surface area contributed by atoms with Crippen LogP contribution in [-0.4, -0.2) is 106 Å². The predicted octanol–water partition coefficient (Wildman–Crippen LogP) is 7.00. The number of hydrogen-bond acceptors (Lipinski definition) is 11. The predicted molar refractivity (Wildman–Crippen MR) is 220 cm³/mol. The molecule has 9 rings (SSSR count). The minimum atomic E-state index is -4.41. The van der Waals surface area contributed by atoms with Gasteiger partial charge in [-0.2, -0.15) is 18.4 Å². The van der Waals surface area contributed by atoms with E-state index in [1.165, 1.54) is 30.5 Å². The molecule has 0 radical (unpaired) electrons. The van der Waals surface area contributed by atoms with Crippen LogP contribution in [0, 0.1) is 24.0 Å². The summed E-state index contributed by atoms with van der Waals surface area (Å²) in [6, 6.07) is 13.4. The fourth-order valence-electron chi connectivity index (χ4n) is 9.54. The summed E-state index contributed by atoms with van der Waals surface area (Å²) in [5.74, 6) is 1.80. The molecule has 0 aliphatic carbocycles. The maximum atomic E-state index is 17.2. The molecule has 0 saturated carbocycles. The summed E-state index contributed by atoms with van der Waals surface area (Å²) in [6.07, 6.45) is 10.4. The van der Waals surface area contributed by atoms with Gasteiger partial charge in [0, 0.05) is 49.3 Å². The largest absolute Gasteiger partial charge is 0.489 e. The summed E-state index contributed by atoms with van der Waals surface area (Å²) in [5.41, 5.74) is -0.914. The number of ether oxygens (including phenoxy) is 3. The fourth-order valence-corrected chi connectivity index (χ4v) is 10.1. The first-order valence-corrected chi connectivity index (χ1v) is 21.5. The Hall–Kier alpha value is -5.63. The minimum Gasteiger partial charge on any atom is -0.489 e. The van der Waals surface area contributed by atoms with Crippen molar-refractivity contribution < 1.29 is 40.8 Å². The van der Waals surface area contributed by atoms with Gasteiger partial charge in [0.05, 0.1) is 33.5 Å². The van der Waals surface area contributed by atoms with Gasteiger partial charge in [0.25, 0.3) is 10.1 Å². The highest BCUT2D eigenvalue weighted by molar-refractivity contribution is 7.85. The van der Waals surface area contributed by atoms with E-state index in [0.29, 0.717) is 59.3 Å². The van der Waals surface area contributed by atoms with E-state index in [2.05, 4.69) is 20.8 Å². The summed E-state index contributed by atoms with van der Waals surface area (Å²) in [6.45, 7) is 7.84. The molecular formula is C44H44F2N6O7S. The van der Waals surface area contributed by atoms with E-state index in [1.807, 2.05) is 30.6 Å². The van der Waals surface area contributed by atoms with Crippen molar-refractivity contribution in [3.05, 3.63) is 78.0 Å². The van der Waals surface area contributed by atoms with Crippen molar-refractivity contribution >= 4 is 43.7 Å². The van der Waals surface area contributed by atoms with E-state index in [1.54, 1.807) is 30.3 Å². The third kappa shape index (κ3) is 7.22. The summed E-state index contributed by atoms with van der Waals surface area (Å²) in [7, 11) is -4.41. The Bertz CT molecular complexity index is 2690. The normalized spacial score (nSPS) is 22.9. The number of piperazine rings is 1. The van der Waals surface area contributed by atoms with Gasteiger partial charge in [-0.15, -0.1) is 6.42 Å². The van der Waals surface area contributed by atoms with E-state index in [4.69, 9.17) is 25.6 Å². The van der Waals surface area contributed by atoms with E-state index in [0.717, 1.165) is 32.2 Å². The lowest BCUT2D eigenvalue weighted by Crippen LogP contribution is -2.57. The van der Waals surface area contributed by atoms with Crippen LogP contribution in [-0.2, 0) is 14.9 Å². The van der Waals surface area contributed by atoms with Gasteiger partial charge in [-0.25, -0.2) is 13.6 Å². The number of rotatable bonds is 8. The van der Waals surface area contributed by atoms with Gasteiger partial charge >= 0.3 is 12.1 Å². The standard InChI is InChI=1S/C44H44F2N6O7S/c1-5-32-35(45)16-13-26-9-6-12-33(36(26)32)38-37(46)39-34(21-47-38)40(50-22-27-14-15-28(23-50)52(27)42(53)59-43(2,3)4)49-41(48-39)57-25-44-17-8-18-51(44)24-30(20-44)58-29-10-7-11-31(19-29)60(54,55)56/h1,6-7,9-13,16,19,21,27-28,30H,8,14-15,17-18,20,22-25H2,2-4H3,(H,54,55,56)/t27?,28?,30-,44+/m0/s1. The van der Waals surface area contributed by atoms with Crippen LogP contribution in [0.1, 0.15) is 58.4 Å². The molecule has 3 aromatic carbocycles. The SMILES string of the molecule is C#Cc1c(F)ccc2cccc(-c3ncc4c(N5CC6CCC(C5)N6C(=O)OC(C)(C)C)nc(OC[C@]56CCCN5C[C@@H](Oc5cccc(S(=O)(=O)O)c5)C6)nc4c3F)c12. The van der Waals surface area contributed by atoms with Crippen LogP contribution in [0.4, 0.5) is 19.4 Å². The number of carbonyl (C=O) groups is 1. The summed E-state index contributed by atoms with van der Waals surface area (Å²) in [4.78, 5) is 33.4. The first kappa shape index (κ1) is 39.8. The Labute approximate surface area is 346 Å². The number of carbonyl (C=O) groups excluding carboxylic acids is 1. The molecule has 312 valence electrons. The van der Waals surface area contributed by atoms with Crippen LogP contribution >= 0.6 is 0 Å². The summed E-state index contributed by atoms with van der Waals surface area (Å²) >= 11 is 0. The third-order valence-corrected chi connectivity index (χ3v) is 12.9. The van der Waals surface area contributed by atoms with Gasteiger partial charge in [-0.3, -0.25) is 19.3 Å². The Morgan fingerprint density at radius 2 is 1.82 bits per heavy atom. The average molecular weight is 839 g/mol. The van der Waals surface area contributed by atoms with Crippen LogP contribution in [0.25, 0.3) is 32.9 Å². The quantitative estimate of drug-likeness (QED) is 0.127. The van der Waals surface area contributed by atoms with Crippen LogP contribution in [0.15, 0.2) is 65.7 Å². The number of pyridine rings is 1. The minimum absolute atomic E-state index is 0.000449. The van der Waals surface area contributed by atoms with Crippen LogP contribution in [0.5, 0.6) is 11.8 Å². The topological polar surface area (TPSA) is 148 Å². The zero-order valence-corrected chi connectivity index (χ0v) is 34.2. The van der Waals surface area contributed by atoms with Crippen LogP contribution in [0.2, 0.25) is 0 Å². The van der Waals surface area contributed by atoms with Crippen molar-refractivity contribution in [3.8, 4) is 35.4 Å².